The van der Waals surface area contributed by atoms with Gasteiger partial charge in [-0.15, -0.1) is 0 Å². The van der Waals surface area contributed by atoms with Crippen molar-refractivity contribution >= 4 is 11.0 Å². The summed E-state index contributed by atoms with van der Waals surface area (Å²) >= 11 is 0. The van der Waals surface area contributed by atoms with Crippen molar-refractivity contribution in [3.8, 4) is 0 Å². The van der Waals surface area contributed by atoms with E-state index in [9.17, 15) is 8.78 Å². The summed E-state index contributed by atoms with van der Waals surface area (Å²) in [4.78, 5) is 0. The van der Waals surface area contributed by atoms with Gasteiger partial charge in [0.15, 0.2) is 11.6 Å². The maximum absolute atomic E-state index is 13.3. The Morgan fingerprint density at radius 3 is 2.46 bits per heavy atom. The van der Waals surface area contributed by atoms with Crippen LogP contribution >= 0.6 is 0 Å². The van der Waals surface area contributed by atoms with E-state index >= 15 is 0 Å². The van der Waals surface area contributed by atoms with Crippen LogP contribution in [0.1, 0.15) is 65.1 Å². The second kappa shape index (κ2) is 8.27. The predicted octanol–water partition coefficient (Wildman–Crippen LogP) is 7.29. The number of furan rings is 1. The van der Waals surface area contributed by atoms with Crippen LogP contribution in [0.2, 0.25) is 0 Å². The smallest absolute Gasteiger partial charge is 0.162 e. The molecule has 0 aliphatic rings. The minimum atomic E-state index is -0.869. The maximum Gasteiger partial charge on any atom is 0.162 e. The standard InChI is InChI=1S/C21H26F2O/c1-14(2)7-5-8-15(3)9-6-10-16(4)20-12-17-11-18(22)19(23)13-21(17)24-20/h7,9,11-13,16H,5-6,8,10H2,1-4H3/b15-9+. The molecule has 0 N–H and O–H groups in total. The van der Waals surface area contributed by atoms with Gasteiger partial charge in [-0.25, -0.2) is 8.78 Å². The van der Waals surface area contributed by atoms with E-state index in [2.05, 4.69) is 39.8 Å². The summed E-state index contributed by atoms with van der Waals surface area (Å²) in [5.74, 6) is -0.709. The van der Waals surface area contributed by atoms with Crippen molar-refractivity contribution in [2.75, 3.05) is 0 Å². The molecule has 3 heteroatoms. The molecule has 0 spiro atoms. The topological polar surface area (TPSA) is 13.1 Å². The van der Waals surface area contributed by atoms with Gasteiger partial charge in [-0.3, -0.25) is 0 Å². The van der Waals surface area contributed by atoms with Gasteiger partial charge in [-0.1, -0.05) is 30.2 Å². The molecule has 2 aromatic rings. The Bertz CT molecular complexity index is 710. The van der Waals surface area contributed by atoms with Crippen LogP contribution in [-0.2, 0) is 0 Å². The Labute approximate surface area is 143 Å². The molecule has 1 heterocycles. The summed E-state index contributed by atoms with van der Waals surface area (Å²) < 4.78 is 32.2. The van der Waals surface area contributed by atoms with Crippen LogP contribution in [0.4, 0.5) is 8.78 Å². The second-order valence-corrected chi connectivity index (χ2v) is 6.80. The second-order valence-electron chi connectivity index (χ2n) is 6.80. The molecule has 0 fully saturated rings. The Morgan fingerprint density at radius 2 is 1.75 bits per heavy atom. The minimum Gasteiger partial charge on any atom is -0.461 e. The number of hydrogen-bond acceptors (Lipinski definition) is 1. The summed E-state index contributed by atoms with van der Waals surface area (Å²) in [6.07, 6.45) is 8.62. The van der Waals surface area contributed by atoms with E-state index in [4.69, 9.17) is 4.42 Å². The van der Waals surface area contributed by atoms with Gasteiger partial charge in [0, 0.05) is 17.4 Å². The quantitative estimate of drug-likeness (QED) is 0.485. The third-order valence-electron chi connectivity index (χ3n) is 4.25. The van der Waals surface area contributed by atoms with Gasteiger partial charge in [-0.2, -0.15) is 0 Å². The summed E-state index contributed by atoms with van der Waals surface area (Å²) in [5, 5.41) is 0.615. The number of fused-ring (bicyclic) bond motifs is 1. The van der Waals surface area contributed by atoms with Crippen LogP contribution < -0.4 is 0 Å². The molecule has 1 nitrogen and oxygen atoms in total. The molecule has 1 atom stereocenters. The third-order valence-corrected chi connectivity index (χ3v) is 4.25. The van der Waals surface area contributed by atoms with Gasteiger partial charge in [-0.05, 0) is 58.6 Å². The monoisotopic (exact) mass is 332 g/mol. The lowest BCUT2D eigenvalue weighted by molar-refractivity contribution is 0.483. The molecule has 0 amide bonds. The van der Waals surface area contributed by atoms with Gasteiger partial charge in [0.1, 0.15) is 11.3 Å². The van der Waals surface area contributed by atoms with Gasteiger partial charge in [0.05, 0.1) is 0 Å². The SMILES string of the molecule is CC(C)=CCC/C(C)=C/CCC(C)c1cc2cc(F)c(F)cc2o1. The maximum atomic E-state index is 13.3. The van der Waals surface area contributed by atoms with Crippen molar-refractivity contribution < 1.29 is 13.2 Å². The Hall–Kier alpha value is -1.90. The van der Waals surface area contributed by atoms with E-state index in [1.54, 1.807) is 0 Å². The summed E-state index contributed by atoms with van der Waals surface area (Å²) in [5.41, 5.74) is 3.16. The Balaban J connectivity index is 1.92. The average molecular weight is 332 g/mol. The van der Waals surface area contributed by atoms with E-state index in [1.807, 2.05) is 6.07 Å². The van der Waals surface area contributed by atoms with Crippen LogP contribution in [0.15, 0.2) is 45.9 Å². The molecule has 0 saturated carbocycles. The number of rotatable bonds is 7. The van der Waals surface area contributed by atoms with Crippen LogP contribution in [-0.4, -0.2) is 0 Å². The van der Waals surface area contributed by atoms with E-state index < -0.39 is 11.6 Å². The molecule has 2 rings (SSSR count). The first-order valence-electron chi connectivity index (χ1n) is 8.54. The zero-order valence-corrected chi connectivity index (χ0v) is 15.0. The van der Waals surface area contributed by atoms with Crippen molar-refractivity contribution in [2.24, 2.45) is 0 Å². The van der Waals surface area contributed by atoms with E-state index in [0.29, 0.717) is 11.0 Å². The van der Waals surface area contributed by atoms with Crippen LogP contribution in [0.5, 0.6) is 0 Å². The minimum absolute atomic E-state index is 0.213. The molecular formula is C21H26F2O. The van der Waals surface area contributed by atoms with Gasteiger partial charge in [0.25, 0.3) is 0 Å². The molecule has 1 aromatic heterocycles. The molecule has 0 bridgehead atoms. The first kappa shape index (κ1) is 18.4. The van der Waals surface area contributed by atoms with E-state index in [1.165, 1.54) is 17.2 Å². The first-order chi connectivity index (χ1) is 11.4. The predicted molar refractivity (Wildman–Crippen MR) is 96.2 cm³/mol. The van der Waals surface area contributed by atoms with Crippen molar-refractivity contribution in [1.29, 1.82) is 0 Å². The first-order valence-corrected chi connectivity index (χ1v) is 8.54. The lowest BCUT2D eigenvalue weighted by atomic mass is 10.0. The molecule has 0 radical (unpaired) electrons. The van der Waals surface area contributed by atoms with Gasteiger partial charge in [0.2, 0.25) is 0 Å². The Kier molecular flexibility index (Phi) is 6.36. The van der Waals surface area contributed by atoms with Crippen molar-refractivity contribution in [1.82, 2.24) is 0 Å². The number of benzene rings is 1. The summed E-state index contributed by atoms with van der Waals surface area (Å²) in [6, 6.07) is 4.12. The number of allylic oxidation sites excluding steroid dienone is 4. The van der Waals surface area contributed by atoms with Crippen molar-refractivity contribution in [3.05, 3.63) is 58.9 Å². The zero-order valence-electron chi connectivity index (χ0n) is 15.0. The molecule has 0 saturated heterocycles. The van der Waals surface area contributed by atoms with Crippen LogP contribution in [0.3, 0.4) is 0 Å². The molecule has 1 unspecified atom stereocenters. The highest BCUT2D eigenvalue weighted by molar-refractivity contribution is 5.78. The summed E-state index contributed by atoms with van der Waals surface area (Å²) in [7, 11) is 0. The lowest BCUT2D eigenvalue weighted by Crippen LogP contribution is -1.90. The zero-order chi connectivity index (χ0) is 17.7. The normalized spacial score (nSPS) is 13.3. The van der Waals surface area contributed by atoms with Crippen molar-refractivity contribution in [3.63, 3.8) is 0 Å². The Morgan fingerprint density at radius 1 is 1.04 bits per heavy atom. The molecule has 0 aliphatic carbocycles. The van der Waals surface area contributed by atoms with Crippen LogP contribution in [0, 0.1) is 11.6 Å². The highest BCUT2D eigenvalue weighted by Gasteiger charge is 2.13. The largest absolute Gasteiger partial charge is 0.461 e. The molecule has 0 aliphatic heterocycles. The third kappa shape index (κ3) is 5.05. The highest BCUT2D eigenvalue weighted by atomic mass is 19.2. The van der Waals surface area contributed by atoms with Crippen molar-refractivity contribution in [2.45, 2.75) is 59.3 Å². The molecular weight excluding hydrogens is 306 g/mol. The van der Waals surface area contributed by atoms with Gasteiger partial charge >= 0.3 is 0 Å². The molecule has 24 heavy (non-hydrogen) atoms. The molecule has 1 aromatic carbocycles. The van der Waals surface area contributed by atoms with E-state index in [-0.39, 0.29) is 5.92 Å². The van der Waals surface area contributed by atoms with E-state index in [0.717, 1.165) is 37.5 Å². The summed E-state index contributed by atoms with van der Waals surface area (Å²) in [6.45, 7) is 8.48. The fraction of sp³-hybridized carbons (Fsp3) is 0.429. The fourth-order valence-electron chi connectivity index (χ4n) is 2.71. The van der Waals surface area contributed by atoms with Crippen LogP contribution in [0.25, 0.3) is 11.0 Å². The fourth-order valence-corrected chi connectivity index (χ4v) is 2.71. The number of halogens is 2. The number of hydrogen-bond donors (Lipinski definition) is 0. The highest BCUT2D eigenvalue weighted by Crippen LogP contribution is 2.29. The molecule has 130 valence electrons. The lowest BCUT2D eigenvalue weighted by Gasteiger charge is -2.06. The average Bonchev–Trinajstić information content (AvgIpc) is 2.90. The van der Waals surface area contributed by atoms with Gasteiger partial charge < -0.3 is 4.42 Å².